The Morgan fingerprint density at radius 2 is 0.840 bits per heavy atom. The van der Waals surface area contributed by atoms with Gasteiger partial charge in [0.05, 0.1) is 0 Å². The molecule has 0 aliphatic heterocycles. The van der Waals surface area contributed by atoms with E-state index in [0.717, 1.165) is 0 Å². The molecule has 10 rings (SSSR count). The van der Waals surface area contributed by atoms with Crippen molar-refractivity contribution in [2.75, 3.05) is 0 Å². The van der Waals surface area contributed by atoms with Gasteiger partial charge in [-0.2, -0.15) is 0 Å². The summed E-state index contributed by atoms with van der Waals surface area (Å²) in [5.74, 6) is 0. The first-order valence-electron chi connectivity index (χ1n) is 17.7. The number of hydrogen-bond donors (Lipinski definition) is 0. The second kappa shape index (κ2) is 10.4. The molecule has 1 heterocycles. The number of benzene rings is 7. The highest BCUT2D eigenvalue weighted by Gasteiger charge is 2.36. The fourth-order valence-electron chi connectivity index (χ4n) is 9.26. The highest BCUT2D eigenvalue weighted by atomic mass is 14.6. The van der Waals surface area contributed by atoms with Gasteiger partial charge in [-0.25, -0.2) is 0 Å². The number of nitrogens with zero attached hydrogens (tertiary/aromatic N) is 1. The molecule has 0 amide bonds. The van der Waals surface area contributed by atoms with Crippen LogP contribution in [0.2, 0.25) is 0 Å². The Hall–Kier alpha value is -5.79. The third-order valence-electron chi connectivity index (χ3n) is 11.8. The van der Waals surface area contributed by atoms with E-state index >= 15 is 0 Å². The average molecular weight is 640 g/mol. The first kappa shape index (κ1) is 29.2. The SMILES string of the molecule is CC1(C)c2ccccc2-c2cc(-c3c4ccccc4c(-c4ccncc4)c4ccc(-c5ccc6c(c5)C(C)(C)c5ccccc5-6)cc34)ccc21. The minimum absolute atomic E-state index is 0.0338. The van der Waals surface area contributed by atoms with Crippen molar-refractivity contribution in [3.8, 4) is 55.6 Å². The van der Waals surface area contributed by atoms with Gasteiger partial charge in [0.1, 0.15) is 0 Å². The molecule has 2 aliphatic carbocycles. The number of hydrogen-bond acceptors (Lipinski definition) is 1. The van der Waals surface area contributed by atoms with E-state index in [4.69, 9.17) is 0 Å². The zero-order valence-corrected chi connectivity index (χ0v) is 28.9. The van der Waals surface area contributed by atoms with Crippen molar-refractivity contribution in [1.29, 1.82) is 0 Å². The van der Waals surface area contributed by atoms with Gasteiger partial charge < -0.3 is 0 Å². The fraction of sp³-hybridized carbons (Fsp3) is 0.122. The van der Waals surface area contributed by atoms with Crippen LogP contribution < -0.4 is 0 Å². The van der Waals surface area contributed by atoms with Gasteiger partial charge in [-0.15, -0.1) is 0 Å². The van der Waals surface area contributed by atoms with Crippen LogP contribution in [0.4, 0.5) is 0 Å². The summed E-state index contributed by atoms with van der Waals surface area (Å²) in [6.45, 7) is 9.43. The largest absolute Gasteiger partial charge is 0.265 e. The van der Waals surface area contributed by atoms with E-state index < -0.39 is 0 Å². The second-order valence-corrected chi connectivity index (χ2v) is 15.2. The highest BCUT2D eigenvalue weighted by molar-refractivity contribution is 6.22. The normalized spacial score (nSPS) is 14.7. The van der Waals surface area contributed by atoms with Gasteiger partial charge in [0.25, 0.3) is 0 Å². The van der Waals surface area contributed by atoms with E-state index in [2.05, 4.69) is 172 Å². The van der Waals surface area contributed by atoms with Gasteiger partial charge in [0.15, 0.2) is 0 Å². The summed E-state index contributed by atoms with van der Waals surface area (Å²) >= 11 is 0. The summed E-state index contributed by atoms with van der Waals surface area (Å²) in [7, 11) is 0. The van der Waals surface area contributed by atoms with Gasteiger partial charge in [-0.1, -0.05) is 137 Å². The topological polar surface area (TPSA) is 12.9 Å². The van der Waals surface area contributed by atoms with Crippen LogP contribution in [-0.2, 0) is 10.8 Å². The summed E-state index contributed by atoms with van der Waals surface area (Å²) in [5.41, 5.74) is 18.4. The van der Waals surface area contributed by atoms with Gasteiger partial charge in [-0.3, -0.25) is 4.98 Å². The van der Waals surface area contributed by atoms with Crippen LogP contribution in [0.3, 0.4) is 0 Å². The lowest BCUT2D eigenvalue weighted by molar-refractivity contribution is 0.660. The summed E-state index contributed by atoms with van der Waals surface area (Å²) in [5, 5.41) is 5.04. The predicted molar refractivity (Wildman–Crippen MR) is 211 cm³/mol. The molecule has 8 aromatic rings. The lowest BCUT2D eigenvalue weighted by atomic mass is 9.80. The van der Waals surface area contributed by atoms with Crippen LogP contribution in [0.1, 0.15) is 49.9 Å². The second-order valence-electron chi connectivity index (χ2n) is 15.2. The Morgan fingerprint density at radius 3 is 1.56 bits per heavy atom. The maximum atomic E-state index is 4.37. The molecule has 0 radical (unpaired) electrons. The molecule has 0 atom stereocenters. The van der Waals surface area contributed by atoms with Crippen LogP contribution in [0.5, 0.6) is 0 Å². The zero-order chi connectivity index (χ0) is 33.8. The molecule has 1 heteroatoms. The van der Waals surface area contributed by atoms with E-state index in [1.165, 1.54) is 99.4 Å². The third-order valence-corrected chi connectivity index (χ3v) is 11.8. The van der Waals surface area contributed by atoms with Gasteiger partial charge >= 0.3 is 0 Å². The summed E-state index contributed by atoms with van der Waals surface area (Å²) in [6.07, 6.45) is 3.81. The summed E-state index contributed by atoms with van der Waals surface area (Å²) in [4.78, 5) is 4.37. The molecule has 1 aromatic heterocycles. The quantitative estimate of drug-likeness (QED) is 0.175. The van der Waals surface area contributed by atoms with Crippen molar-refractivity contribution >= 4 is 21.5 Å². The average Bonchev–Trinajstić information content (AvgIpc) is 3.53. The molecule has 0 saturated heterocycles. The molecule has 50 heavy (non-hydrogen) atoms. The predicted octanol–water partition coefficient (Wildman–Crippen LogP) is 13.0. The van der Waals surface area contributed by atoms with E-state index in [0.29, 0.717) is 0 Å². The van der Waals surface area contributed by atoms with Gasteiger partial charge in [-0.05, 0) is 130 Å². The highest BCUT2D eigenvalue weighted by Crippen LogP contribution is 2.52. The lowest BCUT2D eigenvalue weighted by Gasteiger charge is -2.23. The number of rotatable bonds is 3. The molecular formula is C49H37N. The summed E-state index contributed by atoms with van der Waals surface area (Å²) < 4.78 is 0. The maximum absolute atomic E-state index is 4.37. The van der Waals surface area contributed by atoms with Gasteiger partial charge in [0, 0.05) is 23.2 Å². The number of aromatic nitrogens is 1. The van der Waals surface area contributed by atoms with Crippen LogP contribution in [0, 0.1) is 0 Å². The molecule has 0 saturated carbocycles. The standard InChI is InChI=1S/C49H37N/c1-48(2)43-16-10-8-12-35(43)40-28-33(19-22-44(40)48)47-38-14-6-5-13-37(38)46(30-23-25-50-26-24-30)39-21-18-31(27-41(39)47)32-17-20-36-34-11-7-9-15-42(34)49(3,4)45(36)29-32/h5-29H,1-4H3. The van der Waals surface area contributed by atoms with Crippen molar-refractivity contribution in [2.45, 2.75) is 38.5 Å². The zero-order valence-electron chi connectivity index (χ0n) is 28.9. The summed E-state index contributed by atoms with van der Waals surface area (Å²) in [6, 6.07) is 52.5. The smallest absolute Gasteiger partial charge is 0.0273 e. The van der Waals surface area contributed by atoms with Gasteiger partial charge in [0.2, 0.25) is 0 Å². The van der Waals surface area contributed by atoms with Crippen molar-refractivity contribution in [3.63, 3.8) is 0 Å². The first-order chi connectivity index (χ1) is 24.3. The Labute approximate surface area is 293 Å². The molecule has 0 N–H and O–H groups in total. The number of fused-ring (bicyclic) bond motifs is 8. The molecule has 7 aromatic carbocycles. The molecule has 1 nitrogen and oxygen atoms in total. The van der Waals surface area contributed by atoms with E-state index in [-0.39, 0.29) is 10.8 Å². The molecule has 238 valence electrons. The fourth-order valence-corrected chi connectivity index (χ4v) is 9.26. The minimum atomic E-state index is -0.0524. The molecule has 0 spiro atoms. The Kier molecular flexibility index (Phi) is 6.04. The van der Waals surface area contributed by atoms with Crippen molar-refractivity contribution < 1.29 is 0 Å². The van der Waals surface area contributed by atoms with Crippen LogP contribution in [0.15, 0.2) is 152 Å². The van der Waals surface area contributed by atoms with Crippen LogP contribution in [-0.4, -0.2) is 4.98 Å². The lowest BCUT2D eigenvalue weighted by Crippen LogP contribution is -2.14. The maximum Gasteiger partial charge on any atom is 0.0273 e. The van der Waals surface area contributed by atoms with Crippen molar-refractivity contribution in [1.82, 2.24) is 4.98 Å². The van der Waals surface area contributed by atoms with Crippen LogP contribution >= 0.6 is 0 Å². The first-order valence-corrected chi connectivity index (χ1v) is 17.7. The van der Waals surface area contributed by atoms with Crippen LogP contribution in [0.25, 0.3) is 77.2 Å². The minimum Gasteiger partial charge on any atom is -0.265 e. The Morgan fingerprint density at radius 1 is 0.340 bits per heavy atom. The van der Waals surface area contributed by atoms with E-state index in [9.17, 15) is 0 Å². The molecule has 2 aliphatic rings. The van der Waals surface area contributed by atoms with Crippen molar-refractivity contribution in [3.05, 3.63) is 174 Å². The molecule has 0 bridgehead atoms. The van der Waals surface area contributed by atoms with E-state index in [1.807, 2.05) is 12.4 Å². The Bertz CT molecular complexity index is 2690. The molecule has 0 fully saturated rings. The monoisotopic (exact) mass is 639 g/mol. The van der Waals surface area contributed by atoms with Crippen molar-refractivity contribution in [2.24, 2.45) is 0 Å². The number of pyridine rings is 1. The molecule has 0 unspecified atom stereocenters. The Balaban J connectivity index is 1.26. The molecular weight excluding hydrogens is 603 g/mol. The van der Waals surface area contributed by atoms with E-state index in [1.54, 1.807) is 0 Å². The third kappa shape index (κ3) is 3.98.